The maximum atomic E-state index is 14.3. The Labute approximate surface area is 155 Å². The van der Waals surface area contributed by atoms with Gasteiger partial charge in [-0.15, -0.1) is 0 Å². The first-order valence-electron chi connectivity index (χ1n) is 7.95. The van der Waals surface area contributed by atoms with E-state index < -0.39 is 27.1 Å². The number of pyridine rings is 2. The smallest absolute Gasteiger partial charge is 0.224 e. The molecule has 0 aliphatic rings. The molecule has 0 radical (unpaired) electrons. The van der Waals surface area contributed by atoms with E-state index >= 15 is 0 Å². The monoisotopic (exact) mass is 394 g/mol. The van der Waals surface area contributed by atoms with Crippen molar-refractivity contribution in [2.24, 2.45) is 0 Å². The van der Waals surface area contributed by atoms with Crippen molar-refractivity contribution in [3.05, 3.63) is 36.5 Å². The number of methoxy groups -OCH3 is 1. The fourth-order valence-electron chi connectivity index (χ4n) is 2.57. The number of halogens is 1. The first kappa shape index (κ1) is 19.1. The van der Waals surface area contributed by atoms with Crippen molar-refractivity contribution >= 4 is 21.3 Å². The van der Waals surface area contributed by atoms with E-state index in [1.165, 1.54) is 56.0 Å². The Morgan fingerprint density at radius 1 is 1.37 bits per heavy atom. The zero-order valence-corrected chi connectivity index (χ0v) is 15.8. The molecule has 3 heterocycles. The van der Waals surface area contributed by atoms with Gasteiger partial charge in [-0.05, 0) is 26.0 Å². The number of nitrogens with two attached hydrogens (primary N) is 1. The number of hydrogen-bond acceptors (Lipinski definition) is 7. The molecular weight excluding hydrogens is 375 g/mol. The Balaban J connectivity index is 2.31. The molecule has 27 heavy (non-hydrogen) atoms. The van der Waals surface area contributed by atoms with Crippen LogP contribution in [0.3, 0.4) is 0 Å². The average Bonchev–Trinajstić information content (AvgIpc) is 3.03. The second-order valence-electron chi connectivity index (χ2n) is 6.57. The quantitative estimate of drug-likeness (QED) is 0.632. The number of aliphatic hydroxyl groups is 1. The summed E-state index contributed by atoms with van der Waals surface area (Å²) in [4.78, 5) is 7.63. The van der Waals surface area contributed by atoms with Gasteiger partial charge in [0.05, 0.1) is 35.9 Å². The largest absolute Gasteiger partial charge is 0.495 e. The lowest BCUT2D eigenvalue weighted by Crippen LogP contribution is -2.36. The van der Waals surface area contributed by atoms with Crippen molar-refractivity contribution in [2.45, 2.75) is 23.5 Å². The van der Waals surface area contributed by atoms with E-state index in [1.54, 1.807) is 0 Å². The van der Waals surface area contributed by atoms with E-state index in [2.05, 4.69) is 9.97 Å². The van der Waals surface area contributed by atoms with Crippen LogP contribution in [-0.4, -0.2) is 46.4 Å². The Morgan fingerprint density at radius 3 is 2.67 bits per heavy atom. The van der Waals surface area contributed by atoms with Gasteiger partial charge in [0, 0.05) is 12.3 Å². The lowest BCUT2D eigenvalue weighted by Gasteiger charge is -2.23. The van der Waals surface area contributed by atoms with Gasteiger partial charge in [0.25, 0.3) is 0 Å². The van der Waals surface area contributed by atoms with Crippen LogP contribution in [0.4, 0.5) is 10.2 Å². The topological polar surface area (TPSA) is 120 Å². The highest BCUT2D eigenvalue weighted by Gasteiger charge is 2.38. The maximum Gasteiger partial charge on any atom is 0.224 e. The van der Waals surface area contributed by atoms with E-state index in [1.807, 2.05) is 0 Å². The van der Waals surface area contributed by atoms with Gasteiger partial charge in [0.15, 0.2) is 9.84 Å². The molecular formula is C17H19FN4O4S. The number of imidazole rings is 1. The van der Waals surface area contributed by atoms with Gasteiger partial charge in [-0.2, -0.15) is 4.39 Å². The van der Waals surface area contributed by atoms with Crippen LogP contribution in [0.25, 0.3) is 16.9 Å². The summed E-state index contributed by atoms with van der Waals surface area (Å²) in [6.07, 6.45) is 2.71. The normalized spacial score (nSPS) is 12.5. The molecule has 3 N–H and O–H groups in total. The van der Waals surface area contributed by atoms with Gasteiger partial charge in [-0.25, -0.2) is 18.4 Å². The average molecular weight is 394 g/mol. The summed E-state index contributed by atoms with van der Waals surface area (Å²) >= 11 is 0. The standard InChI is InChI=1S/C17H19FN4O4S/c1-17(2,9-23)27(24,25)13-8-22-11(7-20-15(22)6-12(13)26-3)10-4-5-14(19)21-16(10)18/h4-8,23H,9H2,1-3H3,(H2,19,21). The Morgan fingerprint density at radius 2 is 2.07 bits per heavy atom. The van der Waals surface area contributed by atoms with Crippen LogP contribution in [0.15, 0.2) is 35.5 Å². The number of hydrogen-bond donors (Lipinski definition) is 2. The van der Waals surface area contributed by atoms with Crippen LogP contribution in [0.2, 0.25) is 0 Å². The van der Waals surface area contributed by atoms with Crippen molar-refractivity contribution in [2.75, 3.05) is 19.5 Å². The summed E-state index contributed by atoms with van der Waals surface area (Å²) in [5.74, 6) is -0.690. The molecule has 0 saturated carbocycles. The van der Waals surface area contributed by atoms with Crippen molar-refractivity contribution in [3.8, 4) is 17.0 Å². The van der Waals surface area contributed by atoms with Crippen LogP contribution in [0, 0.1) is 5.95 Å². The van der Waals surface area contributed by atoms with Crippen LogP contribution in [-0.2, 0) is 9.84 Å². The van der Waals surface area contributed by atoms with Gasteiger partial charge in [-0.1, -0.05) is 0 Å². The minimum Gasteiger partial charge on any atom is -0.495 e. The molecule has 0 aliphatic heterocycles. The molecule has 0 saturated heterocycles. The third kappa shape index (κ3) is 3.00. The molecule has 0 atom stereocenters. The second-order valence-corrected chi connectivity index (χ2v) is 9.13. The van der Waals surface area contributed by atoms with Gasteiger partial charge in [0.2, 0.25) is 5.95 Å². The molecule has 144 valence electrons. The fourth-order valence-corrected chi connectivity index (χ4v) is 3.99. The van der Waals surface area contributed by atoms with Gasteiger partial charge >= 0.3 is 0 Å². The molecule has 3 rings (SSSR count). The number of fused-ring (bicyclic) bond motifs is 1. The van der Waals surface area contributed by atoms with Gasteiger partial charge < -0.3 is 15.6 Å². The summed E-state index contributed by atoms with van der Waals surface area (Å²) in [6, 6.07) is 4.32. The summed E-state index contributed by atoms with van der Waals surface area (Å²) in [5, 5.41) is 9.51. The molecule has 3 aromatic heterocycles. The number of nitrogen functional groups attached to an aromatic ring is 1. The van der Waals surface area contributed by atoms with E-state index in [0.29, 0.717) is 11.3 Å². The summed E-state index contributed by atoms with van der Waals surface area (Å²) in [5.41, 5.74) is 6.26. The van der Waals surface area contributed by atoms with Crippen molar-refractivity contribution in [1.82, 2.24) is 14.4 Å². The maximum absolute atomic E-state index is 14.3. The summed E-state index contributed by atoms with van der Waals surface area (Å²) in [6.45, 7) is 2.23. The number of nitrogens with zero attached hydrogens (tertiary/aromatic N) is 3. The van der Waals surface area contributed by atoms with E-state index in [-0.39, 0.29) is 22.0 Å². The Hall–Kier alpha value is -2.72. The fraction of sp³-hybridized carbons (Fsp3) is 0.294. The molecule has 3 aromatic rings. The number of rotatable bonds is 5. The van der Waals surface area contributed by atoms with Crippen molar-refractivity contribution in [3.63, 3.8) is 0 Å². The number of aliphatic hydroxyl groups excluding tert-OH is 1. The zero-order valence-electron chi connectivity index (χ0n) is 15.0. The second kappa shape index (κ2) is 6.46. The molecule has 0 spiro atoms. The SMILES string of the molecule is COc1cc2ncc(-c3ccc(N)nc3F)n2cc1S(=O)(=O)C(C)(C)CO. The third-order valence-corrected chi connectivity index (χ3v) is 6.81. The van der Waals surface area contributed by atoms with E-state index in [9.17, 15) is 17.9 Å². The predicted octanol–water partition coefficient (Wildman–Crippen LogP) is 1.67. The molecule has 8 nitrogen and oxygen atoms in total. The minimum absolute atomic E-state index is 0.0275. The third-order valence-electron chi connectivity index (χ3n) is 4.34. The molecule has 0 bridgehead atoms. The molecule has 0 aromatic carbocycles. The number of sulfone groups is 1. The number of aromatic nitrogens is 3. The van der Waals surface area contributed by atoms with Gasteiger partial charge in [-0.3, -0.25) is 4.40 Å². The first-order chi connectivity index (χ1) is 12.6. The van der Waals surface area contributed by atoms with Crippen molar-refractivity contribution in [1.29, 1.82) is 0 Å². The Kier molecular flexibility index (Phi) is 4.56. The van der Waals surface area contributed by atoms with Crippen LogP contribution in [0.1, 0.15) is 13.8 Å². The highest BCUT2D eigenvalue weighted by molar-refractivity contribution is 7.93. The van der Waals surface area contributed by atoms with Crippen LogP contribution >= 0.6 is 0 Å². The highest BCUT2D eigenvalue weighted by Crippen LogP contribution is 2.34. The van der Waals surface area contributed by atoms with Gasteiger partial charge in [0.1, 0.15) is 22.1 Å². The molecule has 10 heteroatoms. The molecule has 0 fully saturated rings. The van der Waals surface area contributed by atoms with Crippen LogP contribution in [0.5, 0.6) is 5.75 Å². The molecule has 0 amide bonds. The van der Waals surface area contributed by atoms with Crippen LogP contribution < -0.4 is 10.5 Å². The van der Waals surface area contributed by atoms with Crippen molar-refractivity contribution < 1.29 is 22.7 Å². The van der Waals surface area contributed by atoms with E-state index in [4.69, 9.17) is 10.5 Å². The number of anilines is 1. The number of ether oxygens (including phenoxy) is 1. The predicted molar refractivity (Wildman–Crippen MR) is 97.7 cm³/mol. The summed E-state index contributed by atoms with van der Waals surface area (Å²) in [7, 11) is -2.63. The lowest BCUT2D eigenvalue weighted by molar-refractivity contribution is 0.258. The first-order valence-corrected chi connectivity index (χ1v) is 9.43. The lowest BCUT2D eigenvalue weighted by atomic mass is 10.2. The zero-order chi connectivity index (χ0) is 20.0. The summed E-state index contributed by atoms with van der Waals surface area (Å²) < 4.78 is 45.5. The van der Waals surface area contributed by atoms with E-state index in [0.717, 1.165) is 0 Å². The molecule has 0 unspecified atom stereocenters. The molecule has 0 aliphatic carbocycles. The Bertz CT molecular complexity index is 1130. The highest BCUT2D eigenvalue weighted by atomic mass is 32.2. The minimum atomic E-state index is -3.97.